The number of hydrogen-bond donors (Lipinski definition) is 0. The zero-order valence-electron chi connectivity index (χ0n) is 8.60. The van der Waals surface area contributed by atoms with Gasteiger partial charge in [-0.05, 0) is 38.8 Å². The predicted molar refractivity (Wildman–Crippen MR) is 53.7 cm³/mol. The van der Waals surface area contributed by atoms with Gasteiger partial charge in [0.25, 0.3) is 0 Å². The standard InChI is InChI=1S/C11H17N/c1-8-6-7-9(2)11(4)12(5)10(8)3/h6-7H,1-5H3. The van der Waals surface area contributed by atoms with Crippen molar-refractivity contribution in [2.45, 2.75) is 27.7 Å². The molecule has 0 saturated heterocycles. The molecule has 0 unspecified atom stereocenters. The predicted octanol–water partition coefficient (Wildman–Crippen LogP) is 3.08. The van der Waals surface area contributed by atoms with Gasteiger partial charge >= 0.3 is 0 Å². The van der Waals surface area contributed by atoms with Gasteiger partial charge in [0.05, 0.1) is 0 Å². The molecule has 0 amide bonds. The Labute approximate surface area is 75.1 Å². The van der Waals surface area contributed by atoms with Crippen molar-refractivity contribution in [2.75, 3.05) is 7.05 Å². The smallest absolute Gasteiger partial charge is 0.0172 e. The zero-order valence-corrected chi connectivity index (χ0v) is 8.60. The molecule has 12 heavy (non-hydrogen) atoms. The average molecular weight is 163 g/mol. The van der Waals surface area contributed by atoms with Crippen LogP contribution in [0.5, 0.6) is 0 Å². The van der Waals surface area contributed by atoms with Gasteiger partial charge in [0.15, 0.2) is 0 Å². The summed E-state index contributed by atoms with van der Waals surface area (Å²) in [6, 6.07) is 0. The SMILES string of the molecule is CC1=C(C)N(C)C(C)=C(C)C=C1. The van der Waals surface area contributed by atoms with Gasteiger partial charge in [-0.25, -0.2) is 0 Å². The highest BCUT2D eigenvalue weighted by atomic mass is 15.1. The van der Waals surface area contributed by atoms with Gasteiger partial charge in [0.1, 0.15) is 0 Å². The maximum absolute atomic E-state index is 2.24. The summed E-state index contributed by atoms with van der Waals surface area (Å²) in [5.74, 6) is 0. The van der Waals surface area contributed by atoms with Crippen LogP contribution in [0.3, 0.4) is 0 Å². The number of hydrogen-bond acceptors (Lipinski definition) is 1. The van der Waals surface area contributed by atoms with Crippen molar-refractivity contribution in [3.8, 4) is 0 Å². The molecule has 0 aromatic rings. The molecule has 0 saturated carbocycles. The molecule has 1 aliphatic rings. The Bertz CT molecular complexity index is 251. The Kier molecular flexibility index (Phi) is 2.41. The first-order valence-corrected chi connectivity index (χ1v) is 4.31. The minimum atomic E-state index is 1.33. The zero-order chi connectivity index (χ0) is 9.30. The van der Waals surface area contributed by atoms with Crippen molar-refractivity contribution in [1.82, 2.24) is 4.90 Å². The Morgan fingerprint density at radius 3 is 1.50 bits per heavy atom. The summed E-state index contributed by atoms with van der Waals surface area (Å²) in [6.07, 6.45) is 4.36. The van der Waals surface area contributed by atoms with E-state index in [1.54, 1.807) is 0 Å². The molecule has 0 fully saturated rings. The van der Waals surface area contributed by atoms with E-state index in [-0.39, 0.29) is 0 Å². The van der Waals surface area contributed by atoms with Gasteiger partial charge in [-0.2, -0.15) is 0 Å². The van der Waals surface area contributed by atoms with E-state index in [0.717, 1.165) is 0 Å². The molecular formula is C11H17N. The number of nitrogens with zero attached hydrogens (tertiary/aromatic N) is 1. The molecule has 0 atom stereocenters. The highest BCUT2D eigenvalue weighted by Gasteiger charge is 2.08. The second kappa shape index (κ2) is 3.18. The first kappa shape index (κ1) is 9.11. The largest absolute Gasteiger partial charge is 0.352 e. The number of allylic oxidation sites excluding steroid dienone is 6. The molecule has 0 N–H and O–H groups in total. The monoisotopic (exact) mass is 163 g/mol. The molecule has 1 aliphatic heterocycles. The van der Waals surface area contributed by atoms with Crippen LogP contribution in [-0.4, -0.2) is 11.9 Å². The van der Waals surface area contributed by atoms with E-state index in [1.165, 1.54) is 22.5 Å². The van der Waals surface area contributed by atoms with Crippen molar-refractivity contribution in [2.24, 2.45) is 0 Å². The molecule has 0 aromatic heterocycles. The van der Waals surface area contributed by atoms with E-state index in [2.05, 4.69) is 51.8 Å². The summed E-state index contributed by atoms with van der Waals surface area (Å²) in [4.78, 5) is 2.24. The third-order valence-corrected chi connectivity index (χ3v) is 2.73. The lowest BCUT2D eigenvalue weighted by Gasteiger charge is -2.21. The van der Waals surface area contributed by atoms with E-state index in [0.29, 0.717) is 0 Å². The second-order valence-electron chi connectivity index (χ2n) is 3.43. The molecule has 66 valence electrons. The fourth-order valence-corrected chi connectivity index (χ4v) is 1.27. The summed E-state index contributed by atoms with van der Waals surface area (Å²) in [6.45, 7) is 8.60. The first-order valence-electron chi connectivity index (χ1n) is 4.31. The molecule has 1 heteroatoms. The molecule has 0 radical (unpaired) electrons. The Morgan fingerprint density at radius 1 is 0.833 bits per heavy atom. The molecule has 0 spiro atoms. The number of rotatable bonds is 0. The van der Waals surface area contributed by atoms with Crippen molar-refractivity contribution >= 4 is 0 Å². The minimum absolute atomic E-state index is 1.33. The molecule has 1 heterocycles. The molecular weight excluding hydrogens is 146 g/mol. The van der Waals surface area contributed by atoms with Crippen molar-refractivity contribution in [3.05, 3.63) is 34.7 Å². The lowest BCUT2D eigenvalue weighted by molar-refractivity contribution is 0.514. The normalized spacial score (nSPS) is 18.9. The van der Waals surface area contributed by atoms with Gasteiger partial charge < -0.3 is 4.90 Å². The van der Waals surface area contributed by atoms with Crippen LogP contribution >= 0.6 is 0 Å². The minimum Gasteiger partial charge on any atom is -0.352 e. The molecule has 0 aliphatic carbocycles. The van der Waals surface area contributed by atoms with Crippen LogP contribution in [0.4, 0.5) is 0 Å². The van der Waals surface area contributed by atoms with Crippen LogP contribution < -0.4 is 0 Å². The van der Waals surface area contributed by atoms with Gasteiger partial charge in [-0.3, -0.25) is 0 Å². The van der Waals surface area contributed by atoms with Crippen molar-refractivity contribution in [3.63, 3.8) is 0 Å². The van der Waals surface area contributed by atoms with E-state index < -0.39 is 0 Å². The molecule has 0 aromatic carbocycles. The Hall–Kier alpha value is -0.980. The van der Waals surface area contributed by atoms with Gasteiger partial charge in [-0.15, -0.1) is 0 Å². The maximum Gasteiger partial charge on any atom is 0.0172 e. The lowest BCUT2D eigenvalue weighted by atomic mass is 10.2. The highest BCUT2D eigenvalue weighted by Crippen LogP contribution is 2.21. The van der Waals surface area contributed by atoms with Gasteiger partial charge in [0.2, 0.25) is 0 Å². The van der Waals surface area contributed by atoms with Crippen molar-refractivity contribution < 1.29 is 0 Å². The third-order valence-electron chi connectivity index (χ3n) is 2.73. The topological polar surface area (TPSA) is 3.24 Å². The van der Waals surface area contributed by atoms with E-state index >= 15 is 0 Å². The highest BCUT2D eigenvalue weighted by molar-refractivity contribution is 5.35. The quantitative estimate of drug-likeness (QED) is 0.530. The van der Waals surface area contributed by atoms with Crippen LogP contribution in [0.1, 0.15) is 27.7 Å². The third kappa shape index (κ3) is 1.45. The van der Waals surface area contributed by atoms with Crippen LogP contribution in [0.25, 0.3) is 0 Å². The Morgan fingerprint density at radius 2 is 1.17 bits per heavy atom. The summed E-state index contributed by atoms with van der Waals surface area (Å²) in [5.41, 5.74) is 5.35. The summed E-state index contributed by atoms with van der Waals surface area (Å²) in [5, 5.41) is 0. The summed E-state index contributed by atoms with van der Waals surface area (Å²) < 4.78 is 0. The first-order chi connectivity index (χ1) is 5.54. The molecule has 0 bridgehead atoms. The van der Waals surface area contributed by atoms with E-state index in [1.807, 2.05) is 0 Å². The van der Waals surface area contributed by atoms with Crippen LogP contribution in [-0.2, 0) is 0 Å². The van der Waals surface area contributed by atoms with Gasteiger partial charge in [0, 0.05) is 18.4 Å². The maximum atomic E-state index is 2.24. The molecule has 1 rings (SSSR count). The van der Waals surface area contributed by atoms with Crippen LogP contribution in [0.15, 0.2) is 34.7 Å². The van der Waals surface area contributed by atoms with Gasteiger partial charge in [-0.1, -0.05) is 12.2 Å². The molecule has 1 nitrogen and oxygen atoms in total. The second-order valence-corrected chi connectivity index (χ2v) is 3.43. The van der Waals surface area contributed by atoms with Crippen molar-refractivity contribution in [1.29, 1.82) is 0 Å². The lowest BCUT2D eigenvalue weighted by Crippen LogP contribution is -2.14. The van der Waals surface area contributed by atoms with Crippen LogP contribution in [0.2, 0.25) is 0 Å². The Balaban J connectivity index is 3.16. The van der Waals surface area contributed by atoms with E-state index in [4.69, 9.17) is 0 Å². The average Bonchev–Trinajstić information content (AvgIpc) is 2.14. The fraction of sp³-hybridized carbons (Fsp3) is 0.455. The summed E-state index contributed by atoms with van der Waals surface area (Å²) >= 11 is 0. The van der Waals surface area contributed by atoms with Crippen LogP contribution in [0, 0.1) is 0 Å². The van der Waals surface area contributed by atoms with E-state index in [9.17, 15) is 0 Å². The summed E-state index contributed by atoms with van der Waals surface area (Å²) in [7, 11) is 2.12. The fourth-order valence-electron chi connectivity index (χ4n) is 1.27.